The third kappa shape index (κ3) is 5.29. The number of nitrogens with zero attached hydrogens (tertiary/aromatic N) is 1. The number of carbonyl (C=O) groups is 1. The third-order valence-corrected chi connectivity index (χ3v) is 4.25. The van der Waals surface area contributed by atoms with E-state index in [1.54, 1.807) is 49.6 Å². The topological polar surface area (TPSA) is 78.7 Å². The fraction of sp³-hybridized carbons (Fsp3) is 0.0870. The molecule has 6 heteroatoms. The molecule has 0 amide bonds. The summed E-state index contributed by atoms with van der Waals surface area (Å²) in [4.78, 5) is 22.7. The van der Waals surface area contributed by atoms with Crippen molar-refractivity contribution in [3.05, 3.63) is 106 Å². The van der Waals surface area contributed by atoms with Crippen LogP contribution in [0.1, 0.15) is 21.5 Å². The first kappa shape index (κ1) is 19.8. The number of ketones is 1. The van der Waals surface area contributed by atoms with E-state index in [0.29, 0.717) is 17.1 Å². The fourth-order valence-electron chi connectivity index (χ4n) is 2.64. The zero-order chi connectivity index (χ0) is 20.6. The van der Waals surface area contributed by atoms with Crippen LogP contribution in [-0.2, 0) is 6.61 Å². The SMILES string of the molecule is COc1ccc(C(=O)/C=C/c2ccccc2OCc2ccc([N+](=O)[O-])cc2)cc1. The van der Waals surface area contributed by atoms with Gasteiger partial charge in [0.25, 0.3) is 5.69 Å². The normalized spacial score (nSPS) is 10.7. The lowest BCUT2D eigenvalue weighted by Crippen LogP contribution is -1.98. The van der Waals surface area contributed by atoms with Crippen molar-refractivity contribution in [3.63, 3.8) is 0 Å². The largest absolute Gasteiger partial charge is 0.497 e. The molecule has 146 valence electrons. The Hall–Kier alpha value is -3.93. The maximum atomic E-state index is 12.4. The van der Waals surface area contributed by atoms with E-state index in [9.17, 15) is 14.9 Å². The van der Waals surface area contributed by atoms with E-state index < -0.39 is 4.92 Å². The summed E-state index contributed by atoms with van der Waals surface area (Å²) < 4.78 is 10.9. The molecule has 3 rings (SSSR count). The number of allylic oxidation sites excluding steroid dienone is 1. The molecule has 3 aromatic rings. The van der Waals surface area contributed by atoms with Gasteiger partial charge in [0.1, 0.15) is 18.1 Å². The van der Waals surface area contributed by atoms with Crippen molar-refractivity contribution in [3.8, 4) is 11.5 Å². The molecule has 0 spiro atoms. The summed E-state index contributed by atoms with van der Waals surface area (Å²) in [6.07, 6.45) is 3.20. The molecule has 0 aromatic heterocycles. The van der Waals surface area contributed by atoms with Gasteiger partial charge in [-0.3, -0.25) is 14.9 Å². The number of hydrogen-bond donors (Lipinski definition) is 0. The molecular formula is C23H19NO5. The van der Waals surface area contributed by atoms with Crippen molar-refractivity contribution in [2.45, 2.75) is 6.61 Å². The molecular weight excluding hydrogens is 370 g/mol. The van der Waals surface area contributed by atoms with E-state index in [1.165, 1.54) is 18.2 Å². The van der Waals surface area contributed by atoms with Crippen molar-refractivity contribution in [1.82, 2.24) is 0 Å². The summed E-state index contributed by atoms with van der Waals surface area (Å²) in [5.41, 5.74) is 2.17. The molecule has 6 nitrogen and oxygen atoms in total. The predicted octanol–water partition coefficient (Wildman–Crippen LogP) is 5.08. The van der Waals surface area contributed by atoms with Crippen LogP contribution >= 0.6 is 0 Å². The number of nitro benzene ring substituents is 1. The van der Waals surface area contributed by atoms with Crippen molar-refractivity contribution in [1.29, 1.82) is 0 Å². The van der Waals surface area contributed by atoms with Crippen LogP contribution in [-0.4, -0.2) is 17.8 Å². The van der Waals surface area contributed by atoms with Gasteiger partial charge in [-0.1, -0.05) is 18.2 Å². The van der Waals surface area contributed by atoms with Crippen LogP contribution in [0.5, 0.6) is 11.5 Å². The van der Waals surface area contributed by atoms with Gasteiger partial charge < -0.3 is 9.47 Å². The number of para-hydroxylation sites is 1. The molecule has 0 saturated carbocycles. The fourth-order valence-corrected chi connectivity index (χ4v) is 2.64. The molecule has 0 fully saturated rings. The van der Waals surface area contributed by atoms with Gasteiger partial charge in [0.2, 0.25) is 0 Å². The minimum Gasteiger partial charge on any atom is -0.497 e. The Morgan fingerprint density at radius 2 is 1.69 bits per heavy atom. The van der Waals surface area contributed by atoms with Gasteiger partial charge in [-0.15, -0.1) is 0 Å². The molecule has 0 heterocycles. The number of hydrogen-bond acceptors (Lipinski definition) is 5. The molecule has 0 aliphatic rings. The van der Waals surface area contributed by atoms with Crippen molar-refractivity contribution < 1.29 is 19.2 Å². The van der Waals surface area contributed by atoms with Crippen LogP contribution in [0, 0.1) is 10.1 Å². The van der Waals surface area contributed by atoms with Crippen LogP contribution in [0.25, 0.3) is 6.08 Å². The van der Waals surface area contributed by atoms with E-state index in [2.05, 4.69) is 0 Å². The quantitative estimate of drug-likeness (QED) is 0.232. The Labute approximate surface area is 168 Å². The minimum atomic E-state index is -0.440. The molecule has 29 heavy (non-hydrogen) atoms. The number of carbonyl (C=O) groups excluding carboxylic acids is 1. The van der Waals surface area contributed by atoms with Crippen LogP contribution in [0.4, 0.5) is 5.69 Å². The highest BCUT2D eigenvalue weighted by molar-refractivity contribution is 6.07. The van der Waals surface area contributed by atoms with Gasteiger partial charge in [0, 0.05) is 23.3 Å². The monoisotopic (exact) mass is 389 g/mol. The molecule has 0 unspecified atom stereocenters. The smallest absolute Gasteiger partial charge is 0.269 e. The predicted molar refractivity (Wildman–Crippen MR) is 110 cm³/mol. The first-order chi connectivity index (χ1) is 14.1. The Bertz CT molecular complexity index is 1020. The highest BCUT2D eigenvalue weighted by Crippen LogP contribution is 2.22. The highest BCUT2D eigenvalue weighted by Gasteiger charge is 2.06. The number of ether oxygens (including phenoxy) is 2. The molecule has 0 bridgehead atoms. The number of rotatable bonds is 8. The Balaban J connectivity index is 1.68. The average Bonchev–Trinajstić information content (AvgIpc) is 2.77. The second kappa shape index (κ2) is 9.32. The number of non-ortho nitro benzene ring substituents is 1. The van der Waals surface area contributed by atoms with Gasteiger partial charge >= 0.3 is 0 Å². The maximum Gasteiger partial charge on any atom is 0.269 e. The Morgan fingerprint density at radius 1 is 1.00 bits per heavy atom. The summed E-state index contributed by atoms with van der Waals surface area (Å²) in [7, 11) is 1.57. The molecule has 0 aliphatic carbocycles. The van der Waals surface area contributed by atoms with Gasteiger partial charge in [-0.25, -0.2) is 0 Å². The Kier molecular flexibility index (Phi) is 6.37. The summed E-state index contributed by atoms with van der Waals surface area (Å²) in [6.45, 7) is 0.259. The summed E-state index contributed by atoms with van der Waals surface area (Å²) >= 11 is 0. The van der Waals surface area contributed by atoms with E-state index >= 15 is 0 Å². The zero-order valence-electron chi connectivity index (χ0n) is 15.8. The van der Waals surface area contributed by atoms with Crippen LogP contribution < -0.4 is 9.47 Å². The average molecular weight is 389 g/mol. The first-order valence-electron chi connectivity index (χ1n) is 8.88. The molecule has 3 aromatic carbocycles. The van der Waals surface area contributed by atoms with Crippen molar-refractivity contribution in [2.75, 3.05) is 7.11 Å². The number of methoxy groups -OCH3 is 1. The zero-order valence-corrected chi connectivity index (χ0v) is 15.8. The maximum absolute atomic E-state index is 12.4. The number of benzene rings is 3. The van der Waals surface area contributed by atoms with Gasteiger partial charge in [-0.05, 0) is 60.2 Å². The van der Waals surface area contributed by atoms with E-state index in [0.717, 1.165) is 11.1 Å². The highest BCUT2D eigenvalue weighted by atomic mass is 16.6. The van der Waals surface area contributed by atoms with E-state index in [4.69, 9.17) is 9.47 Å². The van der Waals surface area contributed by atoms with Crippen LogP contribution in [0.15, 0.2) is 78.9 Å². The van der Waals surface area contributed by atoms with E-state index in [-0.39, 0.29) is 18.1 Å². The van der Waals surface area contributed by atoms with Gasteiger partial charge in [0.05, 0.1) is 12.0 Å². The minimum absolute atomic E-state index is 0.0362. The first-order valence-corrected chi connectivity index (χ1v) is 8.88. The lowest BCUT2D eigenvalue weighted by molar-refractivity contribution is -0.384. The van der Waals surface area contributed by atoms with Crippen LogP contribution in [0.2, 0.25) is 0 Å². The lowest BCUT2D eigenvalue weighted by Gasteiger charge is -2.09. The molecule has 0 aliphatic heterocycles. The van der Waals surface area contributed by atoms with Crippen molar-refractivity contribution in [2.24, 2.45) is 0 Å². The third-order valence-electron chi connectivity index (χ3n) is 4.25. The second-order valence-corrected chi connectivity index (χ2v) is 6.18. The Morgan fingerprint density at radius 3 is 2.34 bits per heavy atom. The standard InChI is InChI=1S/C23H19NO5/c1-28-21-13-8-18(9-14-21)22(25)15-10-19-4-2-3-5-23(19)29-16-17-6-11-20(12-7-17)24(26)27/h2-15H,16H2,1H3/b15-10+. The summed E-state index contributed by atoms with van der Waals surface area (Å²) in [6, 6.07) is 20.5. The lowest BCUT2D eigenvalue weighted by atomic mass is 10.1. The number of nitro groups is 1. The molecule has 0 atom stereocenters. The van der Waals surface area contributed by atoms with E-state index in [1.807, 2.05) is 24.3 Å². The van der Waals surface area contributed by atoms with Crippen LogP contribution in [0.3, 0.4) is 0 Å². The summed E-state index contributed by atoms with van der Waals surface area (Å²) in [5.74, 6) is 1.18. The molecule has 0 radical (unpaired) electrons. The molecule has 0 saturated heterocycles. The summed E-state index contributed by atoms with van der Waals surface area (Å²) in [5, 5.41) is 10.7. The second-order valence-electron chi connectivity index (χ2n) is 6.18. The van der Waals surface area contributed by atoms with Crippen molar-refractivity contribution >= 4 is 17.5 Å². The van der Waals surface area contributed by atoms with Gasteiger partial charge in [0.15, 0.2) is 5.78 Å². The molecule has 0 N–H and O–H groups in total. The van der Waals surface area contributed by atoms with Gasteiger partial charge in [-0.2, -0.15) is 0 Å².